The van der Waals surface area contributed by atoms with Gasteiger partial charge in [-0.05, 0) is 18.9 Å². The molecule has 1 aliphatic heterocycles. The third-order valence-electron chi connectivity index (χ3n) is 3.83. The Balaban J connectivity index is 1.64. The highest BCUT2D eigenvalue weighted by Gasteiger charge is 2.28. The van der Waals surface area contributed by atoms with Crippen LogP contribution in [0, 0.1) is 11.7 Å². The van der Waals surface area contributed by atoms with Gasteiger partial charge in [-0.3, -0.25) is 14.9 Å². The van der Waals surface area contributed by atoms with E-state index in [-0.39, 0.29) is 17.6 Å². The Morgan fingerprint density at radius 3 is 3.18 bits per heavy atom. The second kappa shape index (κ2) is 6.65. The lowest BCUT2D eigenvalue weighted by atomic mass is 9.91. The van der Waals surface area contributed by atoms with Crippen molar-refractivity contribution in [2.45, 2.75) is 18.9 Å². The number of carbonyl (C=O) groups excluding carboxylic acids is 1. The van der Waals surface area contributed by atoms with Gasteiger partial charge < -0.3 is 10.1 Å². The summed E-state index contributed by atoms with van der Waals surface area (Å²) in [6.45, 7) is 1.12. The van der Waals surface area contributed by atoms with E-state index < -0.39 is 11.7 Å². The van der Waals surface area contributed by atoms with Crippen molar-refractivity contribution in [1.82, 2.24) is 20.5 Å². The van der Waals surface area contributed by atoms with Gasteiger partial charge in [0.15, 0.2) is 5.82 Å². The molecule has 0 spiro atoms. The summed E-state index contributed by atoms with van der Waals surface area (Å²) in [6.07, 6.45) is 7.74. The summed E-state index contributed by atoms with van der Waals surface area (Å²) in [4.78, 5) is 15.7. The van der Waals surface area contributed by atoms with Gasteiger partial charge in [0.1, 0.15) is 0 Å². The number of carbonyl (C=O) groups is 1. The van der Waals surface area contributed by atoms with Crippen LogP contribution >= 0.6 is 0 Å². The van der Waals surface area contributed by atoms with Crippen LogP contribution in [0.1, 0.15) is 34.9 Å². The number of rotatable bonds is 4. The maximum atomic E-state index is 13.5. The van der Waals surface area contributed by atoms with Gasteiger partial charge in [-0.1, -0.05) is 0 Å². The van der Waals surface area contributed by atoms with E-state index >= 15 is 0 Å². The summed E-state index contributed by atoms with van der Waals surface area (Å²) in [5.74, 6) is -0.914. The first kappa shape index (κ1) is 14.6. The van der Waals surface area contributed by atoms with Crippen molar-refractivity contribution in [2.24, 2.45) is 5.92 Å². The quantitative estimate of drug-likeness (QED) is 0.903. The van der Waals surface area contributed by atoms with Gasteiger partial charge in [0.2, 0.25) is 0 Å². The van der Waals surface area contributed by atoms with Crippen LogP contribution in [0.3, 0.4) is 0 Å². The molecule has 6 nitrogen and oxygen atoms in total. The Labute approximate surface area is 127 Å². The first-order valence-corrected chi connectivity index (χ1v) is 7.23. The van der Waals surface area contributed by atoms with Crippen LogP contribution in [0.5, 0.6) is 0 Å². The van der Waals surface area contributed by atoms with E-state index in [1.165, 1.54) is 12.3 Å². The molecule has 1 fully saturated rings. The van der Waals surface area contributed by atoms with E-state index in [4.69, 9.17) is 4.74 Å². The molecule has 1 saturated heterocycles. The van der Waals surface area contributed by atoms with Crippen molar-refractivity contribution < 1.29 is 13.9 Å². The minimum absolute atomic E-state index is 0.00610. The van der Waals surface area contributed by atoms with Crippen molar-refractivity contribution in [3.05, 3.63) is 47.8 Å². The molecule has 2 N–H and O–H groups in total. The Morgan fingerprint density at radius 2 is 2.41 bits per heavy atom. The van der Waals surface area contributed by atoms with Crippen LogP contribution in [0.15, 0.2) is 30.9 Å². The van der Waals surface area contributed by atoms with Gasteiger partial charge >= 0.3 is 0 Å². The standard InChI is InChI=1S/C15H17FN4O2/c16-13-9-17-4-3-12(13)15(21)18-6-10-2-1-5-22-14(10)11-7-19-20-8-11/h3-4,7-10,14H,1-2,5-6H2,(H,18,21)(H,19,20)/t10-,14+/m0/s1. The Kier molecular flexibility index (Phi) is 4.43. The highest BCUT2D eigenvalue weighted by molar-refractivity contribution is 5.94. The third-order valence-corrected chi connectivity index (χ3v) is 3.83. The molecule has 0 radical (unpaired) electrons. The number of hydrogen-bond acceptors (Lipinski definition) is 4. The summed E-state index contributed by atoms with van der Waals surface area (Å²) >= 11 is 0. The van der Waals surface area contributed by atoms with Crippen LogP contribution in [0.25, 0.3) is 0 Å². The van der Waals surface area contributed by atoms with Gasteiger partial charge in [-0.15, -0.1) is 0 Å². The largest absolute Gasteiger partial charge is 0.373 e. The van der Waals surface area contributed by atoms with Crippen LogP contribution in [-0.4, -0.2) is 34.2 Å². The molecule has 116 valence electrons. The molecule has 0 bridgehead atoms. The topological polar surface area (TPSA) is 79.9 Å². The van der Waals surface area contributed by atoms with Crippen molar-refractivity contribution in [3.63, 3.8) is 0 Å². The second-order valence-electron chi connectivity index (χ2n) is 5.29. The molecule has 0 aliphatic carbocycles. The predicted molar refractivity (Wildman–Crippen MR) is 76.5 cm³/mol. The van der Waals surface area contributed by atoms with E-state index in [1.54, 1.807) is 12.4 Å². The zero-order valence-electron chi connectivity index (χ0n) is 12.0. The molecule has 2 aromatic heterocycles. The summed E-state index contributed by atoms with van der Waals surface area (Å²) in [5, 5.41) is 9.49. The minimum Gasteiger partial charge on any atom is -0.373 e. The molecule has 0 aromatic carbocycles. The minimum atomic E-state index is -0.619. The number of halogens is 1. The first-order valence-electron chi connectivity index (χ1n) is 7.23. The summed E-state index contributed by atoms with van der Waals surface area (Å²) < 4.78 is 19.3. The Bertz CT molecular complexity index is 632. The Hall–Kier alpha value is -2.28. The number of H-pyrrole nitrogens is 1. The monoisotopic (exact) mass is 304 g/mol. The number of aromatic amines is 1. The average Bonchev–Trinajstić information content (AvgIpc) is 3.07. The predicted octanol–water partition coefficient (Wildman–Crippen LogP) is 1.84. The number of nitrogens with one attached hydrogen (secondary N) is 2. The van der Waals surface area contributed by atoms with E-state index in [0.29, 0.717) is 13.2 Å². The highest BCUT2D eigenvalue weighted by atomic mass is 19.1. The van der Waals surface area contributed by atoms with Gasteiger partial charge in [-0.25, -0.2) is 4.39 Å². The summed E-state index contributed by atoms with van der Waals surface area (Å²) in [6, 6.07) is 1.37. The van der Waals surface area contributed by atoms with Crippen molar-refractivity contribution in [3.8, 4) is 0 Å². The van der Waals surface area contributed by atoms with Crippen LogP contribution < -0.4 is 5.32 Å². The lowest BCUT2D eigenvalue weighted by Crippen LogP contribution is -2.35. The fraction of sp³-hybridized carbons (Fsp3) is 0.400. The van der Waals surface area contributed by atoms with Crippen LogP contribution in [0.2, 0.25) is 0 Å². The summed E-state index contributed by atoms with van der Waals surface area (Å²) in [5.41, 5.74) is 0.973. The second-order valence-corrected chi connectivity index (χ2v) is 5.29. The van der Waals surface area contributed by atoms with Crippen molar-refractivity contribution in [1.29, 1.82) is 0 Å². The van der Waals surface area contributed by atoms with E-state index in [1.807, 2.05) is 0 Å². The van der Waals surface area contributed by atoms with Crippen LogP contribution in [-0.2, 0) is 4.74 Å². The van der Waals surface area contributed by atoms with E-state index in [0.717, 1.165) is 24.6 Å². The number of amides is 1. The highest BCUT2D eigenvalue weighted by Crippen LogP contribution is 2.32. The zero-order valence-corrected chi connectivity index (χ0v) is 12.0. The van der Waals surface area contributed by atoms with Gasteiger partial charge in [0, 0.05) is 37.0 Å². The van der Waals surface area contributed by atoms with E-state index in [2.05, 4.69) is 20.5 Å². The normalized spacial score (nSPS) is 21.5. The number of pyridine rings is 1. The number of hydrogen-bond donors (Lipinski definition) is 2. The maximum Gasteiger partial charge on any atom is 0.254 e. The molecular weight excluding hydrogens is 287 g/mol. The van der Waals surface area contributed by atoms with Crippen LogP contribution in [0.4, 0.5) is 4.39 Å². The van der Waals surface area contributed by atoms with Gasteiger partial charge in [-0.2, -0.15) is 5.10 Å². The number of ether oxygens (including phenoxy) is 1. The third kappa shape index (κ3) is 3.14. The fourth-order valence-corrected chi connectivity index (χ4v) is 2.72. The first-order chi connectivity index (χ1) is 10.8. The van der Waals surface area contributed by atoms with Crippen molar-refractivity contribution in [2.75, 3.05) is 13.2 Å². The molecule has 7 heteroatoms. The molecule has 2 aromatic rings. The van der Waals surface area contributed by atoms with Crippen molar-refractivity contribution >= 4 is 5.91 Å². The Morgan fingerprint density at radius 1 is 1.50 bits per heavy atom. The molecule has 1 aliphatic rings. The SMILES string of the molecule is O=C(NC[C@@H]1CCCO[C@H]1c1cn[nH]c1)c1ccncc1F. The molecule has 1 amide bonds. The molecular formula is C15H17FN4O2. The molecule has 2 atom stereocenters. The van der Waals surface area contributed by atoms with Gasteiger partial charge in [0.25, 0.3) is 5.91 Å². The molecule has 0 unspecified atom stereocenters. The number of nitrogens with zero attached hydrogens (tertiary/aromatic N) is 2. The molecule has 3 heterocycles. The van der Waals surface area contributed by atoms with E-state index in [9.17, 15) is 9.18 Å². The molecule has 3 rings (SSSR count). The smallest absolute Gasteiger partial charge is 0.254 e. The molecule has 22 heavy (non-hydrogen) atoms. The zero-order chi connectivity index (χ0) is 15.4. The molecule has 0 saturated carbocycles. The number of aromatic nitrogens is 3. The average molecular weight is 304 g/mol. The lowest BCUT2D eigenvalue weighted by Gasteiger charge is -2.31. The maximum absolute atomic E-state index is 13.5. The lowest BCUT2D eigenvalue weighted by molar-refractivity contribution is -0.0272. The van der Waals surface area contributed by atoms with Gasteiger partial charge in [0.05, 0.1) is 24.1 Å². The fourth-order valence-electron chi connectivity index (χ4n) is 2.72. The summed E-state index contributed by atoms with van der Waals surface area (Å²) in [7, 11) is 0.